The molecule has 176 valence electrons. The molecule has 1 aromatic heterocycles. The standard InChI is InChI=1S/C25H33N5O2S/c1-18-26-24(17-25(27-18)30(2)3)28-21-11-13-22(14-12-21)29-33(31,32)16-15-20-9-6-8-19-7-4-5-10-23(19)20/h4-10,17,21-22,29H,11-16H2,1-3H3,(H,26,27,28). The van der Waals surface area contributed by atoms with Gasteiger partial charge >= 0.3 is 0 Å². The fourth-order valence-corrected chi connectivity index (χ4v) is 5.84. The number of anilines is 2. The lowest BCUT2D eigenvalue weighted by Gasteiger charge is -2.30. The van der Waals surface area contributed by atoms with Crippen LogP contribution in [-0.4, -0.2) is 50.3 Å². The van der Waals surface area contributed by atoms with Gasteiger partial charge < -0.3 is 10.2 Å². The average Bonchev–Trinajstić information content (AvgIpc) is 2.78. The highest BCUT2D eigenvalue weighted by Crippen LogP contribution is 2.24. The summed E-state index contributed by atoms with van der Waals surface area (Å²) in [5.41, 5.74) is 1.07. The maximum atomic E-state index is 12.8. The number of hydrogen-bond donors (Lipinski definition) is 2. The van der Waals surface area contributed by atoms with Crippen molar-refractivity contribution in [3.8, 4) is 0 Å². The summed E-state index contributed by atoms with van der Waals surface area (Å²) in [5.74, 6) is 2.53. The third-order valence-corrected chi connectivity index (χ3v) is 7.66. The summed E-state index contributed by atoms with van der Waals surface area (Å²) >= 11 is 0. The molecule has 0 spiro atoms. The fraction of sp³-hybridized carbons (Fsp3) is 0.440. The van der Waals surface area contributed by atoms with Crippen LogP contribution >= 0.6 is 0 Å². The first kappa shape index (κ1) is 23.4. The van der Waals surface area contributed by atoms with Gasteiger partial charge in [-0.15, -0.1) is 0 Å². The Bertz CT molecular complexity index is 1200. The Morgan fingerprint density at radius 3 is 2.42 bits per heavy atom. The Morgan fingerprint density at radius 1 is 0.970 bits per heavy atom. The Kier molecular flexibility index (Phi) is 7.14. The van der Waals surface area contributed by atoms with Crippen LogP contribution in [0.2, 0.25) is 0 Å². The van der Waals surface area contributed by atoms with Crippen LogP contribution < -0.4 is 14.9 Å². The minimum Gasteiger partial charge on any atom is -0.367 e. The monoisotopic (exact) mass is 467 g/mol. The maximum absolute atomic E-state index is 12.8. The summed E-state index contributed by atoms with van der Waals surface area (Å²) in [4.78, 5) is 10.9. The van der Waals surface area contributed by atoms with Gasteiger partial charge in [0, 0.05) is 32.2 Å². The zero-order valence-electron chi connectivity index (χ0n) is 19.6. The lowest BCUT2D eigenvalue weighted by molar-refractivity contribution is 0.387. The molecule has 7 nitrogen and oxygen atoms in total. The summed E-state index contributed by atoms with van der Waals surface area (Å²) in [7, 11) is 0.581. The molecule has 2 N–H and O–H groups in total. The van der Waals surface area contributed by atoms with Gasteiger partial charge in [0.25, 0.3) is 0 Å². The zero-order chi connectivity index (χ0) is 23.4. The quantitative estimate of drug-likeness (QED) is 0.523. The Balaban J connectivity index is 1.29. The molecule has 1 heterocycles. The van der Waals surface area contributed by atoms with E-state index in [0.29, 0.717) is 6.42 Å². The highest BCUT2D eigenvalue weighted by molar-refractivity contribution is 7.89. The second kappa shape index (κ2) is 10.1. The number of sulfonamides is 1. The van der Waals surface area contributed by atoms with Gasteiger partial charge in [0.15, 0.2) is 0 Å². The summed E-state index contributed by atoms with van der Waals surface area (Å²) in [6.07, 6.45) is 3.94. The van der Waals surface area contributed by atoms with E-state index >= 15 is 0 Å². The van der Waals surface area contributed by atoms with Crippen LogP contribution in [0.4, 0.5) is 11.6 Å². The molecule has 8 heteroatoms. The van der Waals surface area contributed by atoms with Crippen molar-refractivity contribution < 1.29 is 8.42 Å². The Hall–Kier alpha value is -2.71. The van der Waals surface area contributed by atoms with E-state index in [1.165, 1.54) is 0 Å². The predicted molar refractivity (Wildman–Crippen MR) is 135 cm³/mol. The van der Waals surface area contributed by atoms with Crippen LogP contribution in [0.3, 0.4) is 0 Å². The highest BCUT2D eigenvalue weighted by atomic mass is 32.2. The van der Waals surface area contributed by atoms with Crippen molar-refractivity contribution in [3.05, 3.63) is 59.9 Å². The van der Waals surface area contributed by atoms with Crippen molar-refractivity contribution in [2.75, 3.05) is 30.1 Å². The molecule has 0 bridgehead atoms. The largest absolute Gasteiger partial charge is 0.367 e. The number of nitrogens with zero attached hydrogens (tertiary/aromatic N) is 3. The van der Waals surface area contributed by atoms with E-state index in [9.17, 15) is 8.42 Å². The minimum absolute atomic E-state index is 0.00922. The number of aryl methyl sites for hydroxylation is 2. The number of fused-ring (bicyclic) bond motifs is 1. The summed E-state index contributed by atoms with van der Waals surface area (Å²) in [6, 6.07) is 16.4. The lowest BCUT2D eigenvalue weighted by atomic mass is 9.92. The van der Waals surface area contributed by atoms with E-state index in [-0.39, 0.29) is 17.8 Å². The molecular formula is C25H33N5O2S. The second-order valence-electron chi connectivity index (χ2n) is 9.07. The summed E-state index contributed by atoms with van der Waals surface area (Å²) in [5, 5.41) is 5.77. The fourth-order valence-electron chi connectivity index (χ4n) is 4.49. The van der Waals surface area contributed by atoms with E-state index in [1.54, 1.807) is 0 Å². The number of nitrogens with one attached hydrogen (secondary N) is 2. The van der Waals surface area contributed by atoms with Gasteiger partial charge in [0.2, 0.25) is 10.0 Å². The van der Waals surface area contributed by atoms with Crippen LogP contribution in [0.15, 0.2) is 48.5 Å². The van der Waals surface area contributed by atoms with Gasteiger partial charge in [0.1, 0.15) is 17.5 Å². The summed E-state index contributed by atoms with van der Waals surface area (Å²) < 4.78 is 28.5. The highest BCUT2D eigenvalue weighted by Gasteiger charge is 2.25. The van der Waals surface area contributed by atoms with E-state index in [1.807, 2.05) is 56.3 Å². The van der Waals surface area contributed by atoms with Crippen LogP contribution in [0.5, 0.6) is 0 Å². The van der Waals surface area contributed by atoms with Gasteiger partial charge in [-0.3, -0.25) is 0 Å². The van der Waals surface area contributed by atoms with Crippen molar-refractivity contribution in [1.29, 1.82) is 0 Å². The third kappa shape index (κ3) is 6.21. The average molecular weight is 468 g/mol. The molecule has 2 aromatic carbocycles. The topological polar surface area (TPSA) is 87.2 Å². The van der Waals surface area contributed by atoms with Crippen LogP contribution in [0, 0.1) is 6.92 Å². The van der Waals surface area contributed by atoms with Crippen LogP contribution in [-0.2, 0) is 16.4 Å². The molecule has 0 saturated heterocycles. The second-order valence-corrected chi connectivity index (χ2v) is 10.9. The molecular weight excluding hydrogens is 434 g/mol. The van der Waals surface area contributed by atoms with Crippen molar-refractivity contribution in [2.24, 2.45) is 0 Å². The van der Waals surface area contributed by atoms with E-state index in [0.717, 1.165) is 59.5 Å². The SMILES string of the molecule is Cc1nc(NC2CCC(NS(=O)(=O)CCc3cccc4ccccc34)CC2)cc(N(C)C)n1. The van der Waals surface area contributed by atoms with Gasteiger partial charge in [-0.25, -0.2) is 23.1 Å². The number of hydrogen-bond acceptors (Lipinski definition) is 6. The molecule has 0 aliphatic heterocycles. The zero-order valence-corrected chi connectivity index (χ0v) is 20.4. The van der Waals surface area contributed by atoms with Crippen LogP contribution in [0.1, 0.15) is 37.1 Å². The maximum Gasteiger partial charge on any atom is 0.212 e. The molecule has 4 rings (SSSR count). The molecule has 1 aliphatic rings. The van der Waals surface area contributed by atoms with E-state index in [2.05, 4.69) is 38.2 Å². The molecule has 33 heavy (non-hydrogen) atoms. The molecule has 1 saturated carbocycles. The van der Waals surface area contributed by atoms with E-state index in [4.69, 9.17) is 0 Å². The van der Waals surface area contributed by atoms with Gasteiger partial charge in [-0.2, -0.15) is 0 Å². The van der Waals surface area contributed by atoms with Gasteiger partial charge in [-0.05, 0) is 55.4 Å². The minimum atomic E-state index is -3.34. The first-order valence-corrected chi connectivity index (χ1v) is 13.2. The Morgan fingerprint density at radius 2 is 1.67 bits per heavy atom. The third-order valence-electron chi connectivity index (χ3n) is 6.23. The molecule has 0 amide bonds. The van der Waals surface area contributed by atoms with Crippen molar-refractivity contribution in [2.45, 2.75) is 51.1 Å². The molecule has 1 fully saturated rings. The molecule has 3 aromatic rings. The predicted octanol–water partition coefficient (Wildman–Crippen LogP) is 3.89. The van der Waals surface area contributed by atoms with Gasteiger partial charge in [-0.1, -0.05) is 42.5 Å². The van der Waals surface area contributed by atoms with Gasteiger partial charge in [0.05, 0.1) is 5.75 Å². The number of benzene rings is 2. The lowest BCUT2D eigenvalue weighted by Crippen LogP contribution is -2.41. The number of aromatic nitrogens is 2. The summed E-state index contributed by atoms with van der Waals surface area (Å²) in [6.45, 7) is 1.89. The smallest absolute Gasteiger partial charge is 0.212 e. The van der Waals surface area contributed by atoms with Crippen LogP contribution in [0.25, 0.3) is 10.8 Å². The van der Waals surface area contributed by atoms with Crippen molar-refractivity contribution in [3.63, 3.8) is 0 Å². The molecule has 0 radical (unpaired) electrons. The number of rotatable bonds is 8. The van der Waals surface area contributed by atoms with Crippen molar-refractivity contribution in [1.82, 2.24) is 14.7 Å². The first-order valence-electron chi connectivity index (χ1n) is 11.6. The van der Waals surface area contributed by atoms with Crippen molar-refractivity contribution >= 4 is 32.4 Å². The molecule has 0 atom stereocenters. The van der Waals surface area contributed by atoms with E-state index < -0.39 is 10.0 Å². The normalized spacial score (nSPS) is 18.9. The Labute approximate surface area is 196 Å². The first-order chi connectivity index (χ1) is 15.8. The molecule has 1 aliphatic carbocycles. The molecule has 0 unspecified atom stereocenters.